The summed E-state index contributed by atoms with van der Waals surface area (Å²) in [5.41, 5.74) is 3.97. The van der Waals surface area contributed by atoms with Crippen LogP contribution < -0.4 is 31.8 Å². The normalized spacial score (nSPS) is 13.2. The smallest absolute Gasteiger partial charge is 0.147 e. The Labute approximate surface area is 386 Å². The van der Waals surface area contributed by atoms with E-state index in [-0.39, 0.29) is 0 Å². The number of hydrogen-bond acceptors (Lipinski definition) is 3. The van der Waals surface area contributed by atoms with E-state index in [4.69, 9.17) is 28.6 Å². The highest BCUT2D eigenvalue weighted by Gasteiger charge is 2.29. The second-order valence-corrected chi connectivity index (χ2v) is 25.8. The fraction of sp³-hybridized carbons (Fsp3) is 0. The van der Waals surface area contributed by atoms with Gasteiger partial charge in [-0.25, -0.2) is 4.98 Å². The molecule has 2 nitrogen and oxygen atoms in total. The number of hydrogen-bond donors (Lipinski definition) is 0. The molecule has 0 fully saturated rings. The van der Waals surface area contributed by atoms with Crippen LogP contribution in [0.25, 0.3) is 81.4 Å². The van der Waals surface area contributed by atoms with Crippen LogP contribution in [0.2, 0.25) is 0 Å². The van der Waals surface area contributed by atoms with E-state index in [1.165, 1.54) is 59.1 Å². The molecule has 0 aliphatic heterocycles. The zero-order valence-corrected chi connectivity index (χ0v) is 38.5. The van der Waals surface area contributed by atoms with Crippen molar-refractivity contribution in [3.63, 3.8) is 0 Å². The Morgan fingerprint density at radius 3 is 1.34 bits per heavy atom. The molecule has 306 valence electrons. The predicted molar refractivity (Wildman–Crippen MR) is 290 cm³/mol. The summed E-state index contributed by atoms with van der Waals surface area (Å²) in [5, 5.41) is 20.0. The summed E-state index contributed by atoms with van der Waals surface area (Å²) in [6, 6.07) is 78.7. The Morgan fingerprint density at radius 2 is 0.738 bits per heavy atom. The lowest BCUT2D eigenvalue weighted by Gasteiger charge is -2.25. The molecule has 2 heterocycles. The first-order valence-corrected chi connectivity index (χ1v) is 27.5. The number of rotatable bonds is 6. The Morgan fingerprint density at radius 1 is 0.308 bits per heavy atom. The van der Waals surface area contributed by atoms with Gasteiger partial charge in [-0.2, -0.15) is 0 Å². The van der Waals surface area contributed by atoms with Gasteiger partial charge in [0.25, 0.3) is 0 Å². The van der Waals surface area contributed by atoms with Gasteiger partial charge in [-0.3, -0.25) is 4.40 Å². The van der Waals surface area contributed by atoms with Gasteiger partial charge < -0.3 is 0 Å². The molecular weight excluding hydrogens is 863 g/mol. The van der Waals surface area contributed by atoms with Gasteiger partial charge in [-0.05, 0) is 117 Å². The van der Waals surface area contributed by atoms with Crippen molar-refractivity contribution in [3.8, 4) is 0 Å². The molecule has 0 aliphatic rings. The first-order chi connectivity index (χ1) is 31.9. The Hall–Kier alpha value is -6.77. The number of aromatic nitrogens is 2. The average molecular weight is 901 g/mol. The van der Waals surface area contributed by atoms with E-state index in [9.17, 15) is 0 Å². The molecule has 13 aromatic rings. The fourth-order valence-corrected chi connectivity index (χ4v) is 17.6. The van der Waals surface area contributed by atoms with Crippen molar-refractivity contribution in [2.45, 2.75) is 0 Å². The molecular formula is C59H38N2P2S2. The van der Waals surface area contributed by atoms with E-state index in [0.717, 1.165) is 54.2 Å². The Bertz CT molecular complexity index is 4130. The molecule has 0 bridgehead atoms. The summed E-state index contributed by atoms with van der Waals surface area (Å²) in [6.07, 6.45) is 0. The lowest BCUT2D eigenvalue weighted by molar-refractivity contribution is 1.32. The van der Waals surface area contributed by atoms with Crippen LogP contribution in [0, 0.1) is 0 Å². The van der Waals surface area contributed by atoms with Crippen molar-refractivity contribution in [2.24, 2.45) is 0 Å². The van der Waals surface area contributed by atoms with Crippen LogP contribution in [-0.4, -0.2) is 9.38 Å². The lowest BCUT2D eigenvalue weighted by atomic mass is 9.99. The van der Waals surface area contributed by atoms with Crippen LogP contribution in [0.4, 0.5) is 0 Å². The van der Waals surface area contributed by atoms with Crippen LogP contribution in [-0.2, 0) is 23.6 Å². The molecule has 2 aromatic heterocycles. The summed E-state index contributed by atoms with van der Waals surface area (Å²) in [4.78, 5) is 5.66. The monoisotopic (exact) mass is 900 g/mol. The largest absolute Gasteiger partial charge is 0.292 e. The fourth-order valence-electron chi connectivity index (χ4n) is 10.2. The zero-order valence-electron chi connectivity index (χ0n) is 35.0. The van der Waals surface area contributed by atoms with Crippen molar-refractivity contribution < 1.29 is 0 Å². The standard InChI is InChI=1S/C59H38N2P2S2/c64-62(46-19-2-1-3-20-46,47-26-22-39-12-4-7-16-43(39)34-47)51-29-32-53-54-31-25-42-15-10-11-21-52(42)58(54)59-60-55-37-50(30-33-56(55)61(59)57(53)38-51)63(65,48-27-23-40-13-5-8-17-44(40)35-48)49-28-24-41-14-6-9-18-45(41)36-49/h1-38H. The molecule has 1 atom stereocenters. The Kier molecular flexibility index (Phi) is 8.86. The van der Waals surface area contributed by atoms with Gasteiger partial charge in [0.15, 0.2) is 0 Å². The molecule has 6 heteroatoms. The SMILES string of the molecule is S=P(c1ccc2ccccc2c1)(c1ccc2ccccc2c1)c1ccc2c(c1)nc1c3c4ccccc4ccc3c3ccc(P(=S)(c4ccccc4)c4ccc5ccccc5c4)cc3n21. The molecule has 0 aliphatic carbocycles. The summed E-state index contributed by atoms with van der Waals surface area (Å²) >= 11 is 14.2. The van der Waals surface area contributed by atoms with E-state index < -0.39 is 12.1 Å². The van der Waals surface area contributed by atoms with E-state index >= 15 is 0 Å². The van der Waals surface area contributed by atoms with Crippen LogP contribution in [0.5, 0.6) is 0 Å². The first-order valence-electron chi connectivity index (χ1n) is 21.9. The Balaban J connectivity index is 1.11. The summed E-state index contributed by atoms with van der Waals surface area (Å²) in [5.74, 6) is 0. The topological polar surface area (TPSA) is 17.3 Å². The number of benzene rings is 11. The van der Waals surface area contributed by atoms with Crippen molar-refractivity contribution in [2.75, 3.05) is 0 Å². The number of imidazole rings is 1. The van der Waals surface area contributed by atoms with Crippen LogP contribution in [0.3, 0.4) is 0 Å². The minimum atomic E-state index is -2.61. The number of pyridine rings is 1. The van der Waals surface area contributed by atoms with Crippen LogP contribution in [0.1, 0.15) is 0 Å². The van der Waals surface area contributed by atoms with Crippen molar-refractivity contribution in [3.05, 3.63) is 231 Å². The summed E-state index contributed by atoms with van der Waals surface area (Å²) < 4.78 is 2.40. The van der Waals surface area contributed by atoms with Crippen LogP contribution in [0.15, 0.2) is 231 Å². The van der Waals surface area contributed by atoms with Crippen molar-refractivity contribution >= 4 is 149 Å². The average Bonchev–Trinajstić information content (AvgIpc) is 3.77. The molecule has 0 amide bonds. The van der Waals surface area contributed by atoms with Gasteiger partial charge in [0.05, 0.1) is 16.6 Å². The van der Waals surface area contributed by atoms with Gasteiger partial charge in [0, 0.05) is 22.8 Å². The first kappa shape index (κ1) is 38.7. The lowest BCUT2D eigenvalue weighted by Crippen LogP contribution is -2.25. The van der Waals surface area contributed by atoms with Crippen molar-refractivity contribution in [1.29, 1.82) is 0 Å². The minimum Gasteiger partial charge on any atom is -0.292 e. The minimum absolute atomic E-state index is 0.919. The second-order valence-electron chi connectivity index (χ2n) is 17.0. The molecule has 13 rings (SSSR count). The molecule has 1 unspecified atom stereocenters. The van der Waals surface area contributed by atoms with Gasteiger partial charge in [0.2, 0.25) is 0 Å². The maximum absolute atomic E-state index is 7.14. The van der Waals surface area contributed by atoms with Gasteiger partial charge in [-0.15, -0.1) is 0 Å². The van der Waals surface area contributed by atoms with Gasteiger partial charge in [0.1, 0.15) is 5.65 Å². The van der Waals surface area contributed by atoms with E-state index in [1.54, 1.807) is 0 Å². The highest BCUT2D eigenvalue weighted by Crippen LogP contribution is 2.47. The third-order valence-electron chi connectivity index (χ3n) is 13.4. The van der Waals surface area contributed by atoms with E-state index in [2.05, 4.69) is 235 Å². The maximum atomic E-state index is 7.14. The molecule has 0 N–H and O–H groups in total. The third-order valence-corrected chi connectivity index (χ3v) is 23.3. The highest BCUT2D eigenvalue weighted by atomic mass is 32.4. The zero-order chi connectivity index (χ0) is 43.3. The summed E-state index contributed by atoms with van der Waals surface area (Å²) in [7, 11) is 0. The molecule has 0 spiro atoms. The predicted octanol–water partition coefficient (Wildman–Crippen LogP) is 12.9. The van der Waals surface area contributed by atoms with Crippen LogP contribution >= 0.6 is 12.1 Å². The van der Waals surface area contributed by atoms with Gasteiger partial charge >= 0.3 is 0 Å². The molecule has 0 saturated carbocycles. The maximum Gasteiger partial charge on any atom is 0.147 e. The van der Waals surface area contributed by atoms with E-state index in [0.29, 0.717) is 0 Å². The summed E-state index contributed by atoms with van der Waals surface area (Å²) in [6.45, 7) is 0. The molecule has 11 aromatic carbocycles. The number of fused-ring (bicyclic) bond motifs is 13. The quantitative estimate of drug-likeness (QED) is 0.122. The number of nitrogens with zero attached hydrogens (tertiary/aromatic N) is 2. The molecule has 65 heavy (non-hydrogen) atoms. The highest BCUT2D eigenvalue weighted by molar-refractivity contribution is 8.26. The third kappa shape index (κ3) is 5.95. The molecule has 0 radical (unpaired) electrons. The van der Waals surface area contributed by atoms with E-state index in [1.807, 2.05) is 0 Å². The second kappa shape index (κ2) is 14.9. The van der Waals surface area contributed by atoms with Gasteiger partial charge in [-0.1, -0.05) is 218 Å². The van der Waals surface area contributed by atoms with Crippen molar-refractivity contribution in [1.82, 2.24) is 9.38 Å². The molecule has 0 saturated heterocycles.